The lowest BCUT2D eigenvalue weighted by molar-refractivity contribution is 0.222. The summed E-state index contributed by atoms with van der Waals surface area (Å²) >= 11 is 1.76. The molecule has 0 aliphatic carbocycles. The Kier molecular flexibility index (Phi) is 5.14. The van der Waals surface area contributed by atoms with Gasteiger partial charge in [-0.15, -0.1) is 11.3 Å². The molecule has 0 saturated carbocycles. The van der Waals surface area contributed by atoms with Gasteiger partial charge in [0.2, 0.25) is 0 Å². The van der Waals surface area contributed by atoms with E-state index < -0.39 is 0 Å². The maximum atomic E-state index is 9.65. The molecule has 2 atom stereocenters. The van der Waals surface area contributed by atoms with Gasteiger partial charge in [0.25, 0.3) is 0 Å². The molecule has 2 N–H and O–H groups in total. The summed E-state index contributed by atoms with van der Waals surface area (Å²) in [6.07, 6.45) is 0. The second-order valence-corrected chi connectivity index (χ2v) is 6.03. The van der Waals surface area contributed by atoms with Crippen LogP contribution in [0.15, 0.2) is 47.8 Å². The predicted octanol–water partition coefficient (Wildman–Crippen LogP) is 3.77. The van der Waals surface area contributed by atoms with E-state index in [0.717, 1.165) is 5.56 Å². The van der Waals surface area contributed by atoms with E-state index in [4.69, 9.17) is 0 Å². The molecule has 0 spiro atoms. The summed E-state index contributed by atoms with van der Waals surface area (Å²) in [7, 11) is 0. The highest BCUT2D eigenvalue weighted by Crippen LogP contribution is 2.28. The molecule has 0 aliphatic rings. The van der Waals surface area contributed by atoms with Gasteiger partial charge >= 0.3 is 0 Å². The molecule has 1 aromatic heterocycles. The molecule has 102 valence electrons. The summed E-state index contributed by atoms with van der Waals surface area (Å²) in [5.74, 6) is 0.483. The second kappa shape index (κ2) is 6.85. The summed E-state index contributed by atoms with van der Waals surface area (Å²) in [4.78, 5) is 1.32. The van der Waals surface area contributed by atoms with Crippen molar-refractivity contribution in [3.63, 3.8) is 0 Å². The number of aliphatic hydroxyl groups excluding tert-OH is 1. The van der Waals surface area contributed by atoms with Gasteiger partial charge in [-0.1, -0.05) is 50.2 Å². The van der Waals surface area contributed by atoms with Gasteiger partial charge < -0.3 is 10.4 Å². The minimum Gasteiger partial charge on any atom is -0.394 e. The molecule has 2 rings (SSSR count). The fourth-order valence-corrected chi connectivity index (χ4v) is 3.19. The Labute approximate surface area is 119 Å². The molecule has 19 heavy (non-hydrogen) atoms. The number of aliphatic hydroxyl groups is 1. The summed E-state index contributed by atoms with van der Waals surface area (Å²) in [5.41, 5.74) is 1.13. The lowest BCUT2D eigenvalue weighted by Crippen LogP contribution is -2.31. The number of rotatable bonds is 6. The Morgan fingerprint density at radius 1 is 1.11 bits per heavy atom. The summed E-state index contributed by atoms with van der Waals surface area (Å²) in [6.45, 7) is 4.52. The molecule has 2 aromatic rings. The van der Waals surface area contributed by atoms with Gasteiger partial charge in [0.15, 0.2) is 0 Å². The molecule has 0 fully saturated rings. The average Bonchev–Trinajstić information content (AvgIpc) is 2.94. The largest absolute Gasteiger partial charge is 0.394 e. The maximum absolute atomic E-state index is 9.65. The fraction of sp³-hybridized carbons (Fsp3) is 0.375. The van der Waals surface area contributed by atoms with E-state index in [1.165, 1.54) is 4.88 Å². The Bertz CT molecular complexity index is 467. The molecule has 0 radical (unpaired) electrons. The third kappa shape index (κ3) is 3.66. The molecule has 0 saturated heterocycles. The lowest BCUT2D eigenvalue weighted by Gasteiger charge is -2.27. The number of hydrogen-bond acceptors (Lipinski definition) is 3. The first-order valence-electron chi connectivity index (χ1n) is 6.67. The molecule has 2 nitrogen and oxygen atoms in total. The topological polar surface area (TPSA) is 32.3 Å². The molecule has 0 amide bonds. The average molecular weight is 275 g/mol. The van der Waals surface area contributed by atoms with Crippen LogP contribution in [-0.2, 0) is 0 Å². The Morgan fingerprint density at radius 3 is 2.37 bits per heavy atom. The minimum atomic E-state index is -0.0179. The quantitative estimate of drug-likeness (QED) is 0.841. The lowest BCUT2D eigenvalue weighted by atomic mass is 9.99. The zero-order chi connectivity index (χ0) is 13.7. The van der Waals surface area contributed by atoms with Gasteiger partial charge in [0, 0.05) is 10.9 Å². The Morgan fingerprint density at radius 2 is 1.84 bits per heavy atom. The van der Waals surface area contributed by atoms with E-state index in [-0.39, 0.29) is 18.7 Å². The van der Waals surface area contributed by atoms with E-state index in [1.54, 1.807) is 11.3 Å². The first-order valence-corrected chi connectivity index (χ1v) is 7.55. The van der Waals surface area contributed by atoms with Crippen molar-refractivity contribution in [1.82, 2.24) is 5.32 Å². The van der Waals surface area contributed by atoms with E-state index in [1.807, 2.05) is 18.2 Å². The first kappa shape index (κ1) is 14.3. The SMILES string of the molecule is CC(C)C(NC(CO)c1ccccc1)c1cccs1. The first-order chi connectivity index (χ1) is 9.22. The highest BCUT2D eigenvalue weighted by atomic mass is 32.1. The van der Waals surface area contributed by atoms with Gasteiger partial charge in [-0.05, 0) is 22.9 Å². The molecule has 0 bridgehead atoms. The van der Waals surface area contributed by atoms with Crippen molar-refractivity contribution in [3.05, 3.63) is 58.3 Å². The maximum Gasteiger partial charge on any atom is 0.0626 e. The van der Waals surface area contributed by atoms with Gasteiger partial charge in [-0.3, -0.25) is 0 Å². The van der Waals surface area contributed by atoms with Crippen LogP contribution < -0.4 is 5.32 Å². The number of thiophene rings is 1. The van der Waals surface area contributed by atoms with Crippen molar-refractivity contribution in [2.75, 3.05) is 6.61 Å². The van der Waals surface area contributed by atoms with Crippen molar-refractivity contribution < 1.29 is 5.11 Å². The van der Waals surface area contributed by atoms with Crippen molar-refractivity contribution in [1.29, 1.82) is 0 Å². The van der Waals surface area contributed by atoms with Crippen LogP contribution in [-0.4, -0.2) is 11.7 Å². The standard InChI is InChI=1S/C16H21NOS/c1-12(2)16(15-9-6-10-19-15)17-14(11-18)13-7-4-3-5-8-13/h3-10,12,14,16-18H,11H2,1-2H3. The van der Waals surface area contributed by atoms with E-state index in [0.29, 0.717) is 5.92 Å². The minimum absolute atomic E-state index is 0.0179. The van der Waals surface area contributed by atoms with Crippen molar-refractivity contribution in [3.8, 4) is 0 Å². The Balaban J connectivity index is 2.16. The second-order valence-electron chi connectivity index (χ2n) is 5.05. The van der Waals surface area contributed by atoms with Crippen molar-refractivity contribution in [2.45, 2.75) is 25.9 Å². The predicted molar refractivity (Wildman–Crippen MR) is 81.3 cm³/mol. The van der Waals surface area contributed by atoms with Crippen LogP contribution >= 0.6 is 11.3 Å². The van der Waals surface area contributed by atoms with Crippen molar-refractivity contribution >= 4 is 11.3 Å². The van der Waals surface area contributed by atoms with Crippen LogP contribution in [0.25, 0.3) is 0 Å². The molecule has 1 heterocycles. The highest BCUT2D eigenvalue weighted by molar-refractivity contribution is 7.10. The smallest absolute Gasteiger partial charge is 0.0626 e. The normalized spacial score (nSPS) is 14.5. The highest BCUT2D eigenvalue weighted by Gasteiger charge is 2.21. The third-order valence-electron chi connectivity index (χ3n) is 3.28. The molecular formula is C16H21NOS. The van der Waals surface area contributed by atoms with E-state index >= 15 is 0 Å². The van der Waals surface area contributed by atoms with Crippen LogP contribution in [0.3, 0.4) is 0 Å². The van der Waals surface area contributed by atoms with E-state index in [9.17, 15) is 5.11 Å². The molecule has 1 aromatic carbocycles. The number of benzene rings is 1. The zero-order valence-electron chi connectivity index (χ0n) is 11.4. The molecule has 2 unspecified atom stereocenters. The summed E-state index contributed by atoms with van der Waals surface area (Å²) in [5, 5.41) is 15.3. The van der Waals surface area contributed by atoms with Gasteiger partial charge in [0.05, 0.1) is 12.6 Å². The van der Waals surface area contributed by atoms with Gasteiger partial charge in [-0.25, -0.2) is 0 Å². The summed E-state index contributed by atoms with van der Waals surface area (Å²) in [6, 6.07) is 14.6. The third-order valence-corrected chi connectivity index (χ3v) is 4.24. The fourth-order valence-electron chi connectivity index (χ4n) is 2.23. The molecular weight excluding hydrogens is 254 g/mol. The van der Waals surface area contributed by atoms with Crippen LogP contribution in [0.5, 0.6) is 0 Å². The zero-order valence-corrected chi connectivity index (χ0v) is 12.2. The van der Waals surface area contributed by atoms with Crippen LogP contribution in [0, 0.1) is 5.92 Å². The van der Waals surface area contributed by atoms with E-state index in [2.05, 4.69) is 48.8 Å². The van der Waals surface area contributed by atoms with Crippen LogP contribution in [0.1, 0.15) is 36.4 Å². The van der Waals surface area contributed by atoms with Crippen LogP contribution in [0.4, 0.5) is 0 Å². The Hall–Kier alpha value is -1.16. The molecule has 3 heteroatoms. The van der Waals surface area contributed by atoms with Crippen LogP contribution in [0.2, 0.25) is 0 Å². The summed E-state index contributed by atoms with van der Waals surface area (Å²) < 4.78 is 0. The number of nitrogens with one attached hydrogen (secondary N) is 1. The number of hydrogen-bond donors (Lipinski definition) is 2. The van der Waals surface area contributed by atoms with Gasteiger partial charge in [0.1, 0.15) is 0 Å². The molecule has 0 aliphatic heterocycles. The monoisotopic (exact) mass is 275 g/mol. The van der Waals surface area contributed by atoms with Crippen molar-refractivity contribution in [2.24, 2.45) is 5.92 Å². The van der Waals surface area contributed by atoms with Gasteiger partial charge in [-0.2, -0.15) is 0 Å².